The normalized spacial score (nSPS) is 10.3. The van der Waals surface area contributed by atoms with Gasteiger partial charge < -0.3 is 0 Å². The summed E-state index contributed by atoms with van der Waals surface area (Å²) < 4.78 is 1.68. The molecule has 4 nitrogen and oxygen atoms in total. The van der Waals surface area contributed by atoms with Crippen LogP contribution < -0.4 is 0 Å². The third kappa shape index (κ3) is 1.79. The third-order valence-electron chi connectivity index (χ3n) is 2.28. The lowest BCUT2D eigenvalue weighted by atomic mass is 10.1. The zero-order chi connectivity index (χ0) is 10.8. The summed E-state index contributed by atoms with van der Waals surface area (Å²) in [5.41, 5.74) is 2.56. The van der Waals surface area contributed by atoms with E-state index in [9.17, 15) is 4.79 Å². The second kappa shape index (κ2) is 3.65. The van der Waals surface area contributed by atoms with E-state index in [4.69, 9.17) is 0 Å². The SMILES string of the molecule is CC(=O)c1cccc(-c2cnnn2C)c1. The van der Waals surface area contributed by atoms with Crippen LogP contribution >= 0.6 is 0 Å². The zero-order valence-corrected chi connectivity index (χ0v) is 8.64. The fraction of sp³-hybridized carbons (Fsp3) is 0.182. The van der Waals surface area contributed by atoms with Crippen molar-refractivity contribution in [3.05, 3.63) is 36.0 Å². The summed E-state index contributed by atoms with van der Waals surface area (Å²) in [6.45, 7) is 1.56. The van der Waals surface area contributed by atoms with Crippen LogP contribution in [0.3, 0.4) is 0 Å². The Hall–Kier alpha value is -1.97. The van der Waals surface area contributed by atoms with Gasteiger partial charge in [-0.05, 0) is 13.0 Å². The number of nitrogens with zero attached hydrogens (tertiary/aromatic N) is 3. The average molecular weight is 201 g/mol. The van der Waals surface area contributed by atoms with E-state index < -0.39 is 0 Å². The van der Waals surface area contributed by atoms with Crippen molar-refractivity contribution >= 4 is 5.78 Å². The second-order valence-corrected chi connectivity index (χ2v) is 3.38. The predicted octanol–water partition coefficient (Wildman–Crippen LogP) is 1.68. The maximum absolute atomic E-state index is 11.2. The Morgan fingerprint density at radius 2 is 2.20 bits per heavy atom. The summed E-state index contributed by atoms with van der Waals surface area (Å²) in [4.78, 5) is 11.2. The minimum Gasteiger partial charge on any atom is -0.295 e. The minimum absolute atomic E-state index is 0.0620. The van der Waals surface area contributed by atoms with E-state index in [1.165, 1.54) is 0 Å². The number of rotatable bonds is 2. The quantitative estimate of drug-likeness (QED) is 0.694. The fourth-order valence-electron chi connectivity index (χ4n) is 1.45. The fourth-order valence-corrected chi connectivity index (χ4v) is 1.45. The van der Waals surface area contributed by atoms with E-state index in [1.807, 2.05) is 25.2 Å². The van der Waals surface area contributed by atoms with Gasteiger partial charge in [-0.1, -0.05) is 23.4 Å². The highest BCUT2D eigenvalue weighted by Gasteiger charge is 2.05. The number of aryl methyl sites for hydroxylation is 1. The number of benzene rings is 1. The number of carbonyl (C=O) groups excluding carboxylic acids is 1. The summed E-state index contributed by atoms with van der Waals surface area (Å²) >= 11 is 0. The number of aromatic nitrogens is 3. The van der Waals surface area contributed by atoms with Gasteiger partial charge in [-0.15, -0.1) is 5.10 Å². The van der Waals surface area contributed by atoms with E-state index in [0.717, 1.165) is 11.3 Å². The van der Waals surface area contributed by atoms with E-state index >= 15 is 0 Å². The van der Waals surface area contributed by atoms with Gasteiger partial charge in [0.2, 0.25) is 0 Å². The van der Waals surface area contributed by atoms with Crippen LogP contribution in [0.4, 0.5) is 0 Å². The van der Waals surface area contributed by atoms with Crippen LogP contribution in [0.1, 0.15) is 17.3 Å². The average Bonchev–Trinajstić information content (AvgIpc) is 2.64. The van der Waals surface area contributed by atoms with Crippen molar-refractivity contribution < 1.29 is 4.79 Å². The van der Waals surface area contributed by atoms with E-state index in [1.54, 1.807) is 23.9 Å². The van der Waals surface area contributed by atoms with Gasteiger partial charge in [0.1, 0.15) is 0 Å². The van der Waals surface area contributed by atoms with Crippen LogP contribution in [0.15, 0.2) is 30.5 Å². The largest absolute Gasteiger partial charge is 0.295 e. The van der Waals surface area contributed by atoms with Gasteiger partial charge in [0.15, 0.2) is 5.78 Å². The molecule has 0 N–H and O–H groups in total. The molecule has 76 valence electrons. The van der Waals surface area contributed by atoms with Gasteiger partial charge >= 0.3 is 0 Å². The molecule has 0 saturated heterocycles. The molecule has 2 rings (SSSR count). The number of carbonyl (C=O) groups is 1. The molecule has 0 amide bonds. The molecule has 0 atom stereocenters. The van der Waals surface area contributed by atoms with Crippen molar-refractivity contribution in [3.8, 4) is 11.3 Å². The molecule has 0 aliphatic rings. The summed E-state index contributed by atoms with van der Waals surface area (Å²) in [7, 11) is 1.82. The molecule has 15 heavy (non-hydrogen) atoms. The molecule has 0 unspecified atom stereocenters. The summed E-state index contributed by atoms with van der Waals surface area (Å²) in [5.74, 6) is 0.0620. The summed E-state index contributed by atoms with van der Waals surface area (Å²) in [6, 6.07) is 7.45. The molecule has 0 aliphatic heterocycles. The molecular formula is C11H11N3O. The van der Waals surface area contributed by atoms with E-state index in [2.05, 4.69) is 10.3 Å². The Morgan fingerprint density at radius 3 is 2.80 bits per heavy atom. The highest BCUT2D eigenvalue weighted by Crippen LogP contribution is 2.18. The maximum Gasteiger partial charge on any atom is 0.159 e. The number of hydrogen-bond donors (Lipinski definition) is 0. The second-order valence-electron chi connectivity index (χ2n) is 3.38. The molecule has 0 spiro atoms. The Balaban J connectivity index is 2.50. The molecule has 1 aromatic carbocycles. The molecule has 0 aliphatic carbocycles. The molecule has 0 radical (unpaired) electrons. The summed E-state index contributed by atoms with van der Waals surface area (Å²) in [6.07, 6.45) is 1.68. The first-order chi connectivity index (χ1) is 7.18. The van der Waals surface area contributed by atoms with Crippen LogP contribution in [-0.4, -0.2) is 20.8 Å². The Bertz CT molecular complexity index is 502. The number of ketones is 1. The molecule has 1 aromatic heterocycles. The monoisotopic (exact) mass is 201 g/mol. The first-order valence-electron chi connectivity index (χ1n) is 4.64. The van der Waals surface area contributed by atoms with Crippen molar-refractivity contribution in [3.63, 3.8) is 0 Å². The zero-order valence-electron chi connectivity index (χ0n) is 8.64. The molecule has 1 heterocycles. The summed E-state index contributed by atoms with van der Waals surface area (Å²) in [5, 5.41) is 7.65. The minimum atomic E-state index is 0.0620. The van der Waals surface area contributed by atoms with Crippen LogP contribution in [0.25, 0.3) is 11.3 Å². The van der Waals surface area contributed by atoms with Gasteiger partial charge in [0.25, 0.3) is 0 Å². The van der Waals surface area contributed by atoms with Crippen molar-refractivity contribution in [2.45, 2.75) is 6.92 Å². The van der Waals surface area contributed by atoms with Crippen LogP contribution in [-0.2, 0) is 7.05 Å². The molecule has 0 fully saturated rings. The van der Waals surface area contributed by atoms with Gasteiger partial charge in [-0.3, -0.25) is 4.79 Å². The van der Waals surface area contributed by atoms with Crippen LogP contribution in [0.5, 0.6) is 0 Å². The Kier molecular flexibility index (Phi) is 2.33. The standard InChI is InChI=1S/C11H11N3O/c1-8(15)9-4-3-5-10(6-9)11-7-12-13-14(11)2/h3-7H,1-2H3. The third-order valence-corrected chi connectivity index (χ3v) is 2.28. The van der Waals surface area contributed by atoms with Gasteiger partial charge in [-0.25, -0.2) is 4.68 Å². The molecule has 2 aromatic rings. The van der Waals surface area contributed by atoms with Gasteiger partial charge in [0, 0.05) is 18.2 Å². The first-order valence-corrected chi connectivity index (χ1v) is 4.64. The van der Waals surface area contributed by atoms with Crippen molar-refractivity contribution in [2.75, 3.05) is 0 Å². The van der Waals surface area contributed by atoms with Crippen LogP contribution in [0, 0.1) is 0 Å². The Labute approximate surface area is 87.5 Å². The van der Waals surface area contributed by atoms with Crippen molar-refractivity contribution in [1.29, 1.82) is 0 Å². The molecular weight excluding hydrogens is 190 g/mol. The lowest BCUT2D eigenvalue weighted by Crippen LogP contribution is -1.96. The highest BCUT2D eigenvalue weighted by molar-refractivity contribution is 5.95. The maximum atomic E-state index is 11.2. The number of hydrogen-bond acceptors (Lipinski definition) is 3. The van der Waals surface area contributed by atoms with E-state index in [0.29, 0.717) is 5.56 Å². The first kappa shape index (κ1) is 9.58. The van der Waals surface area contributed by atoms with Crippen LogP contribution in [0.2, 0.25) is 0 Å². The topological polar surface area (TPSA) is 47.8 Å². The molecule has 0 bridgehead atoms. The predicted molar refractivity (Wildman–Crippen MR) is 56.4 cm³/mol. The lowest BCUT2D eigenvalue weighted by Gasteiger charge is -2.02. The lowest BCUT2D eigenvalue weighted by molar-refractivity contribution is 0.101. The Morgan fingerprint density at radius 1 is 1.40 bits per heavy atom. The molecule has 0 saturated carbocycles. The van der Waals surface area contributed by atoms with Crippen molar-refractivity contribution in [1.82, 2.24) is 15.0 Å². The van der Waals surface area contributed by atoms with Crippen molar-refractivity contribution in [2.24, 2.45) is 7.05 Å². The number of Topliss-reactive ketones (excluding diaryl/α,β-unsaturated/α-hetero) is 1. The van der Waals surface area contributed by atoms with Gasteiger partial charge in [-0.2, -0.15) is 0 Å². The smallest absolute Gasteiger partial charge is 0.159 e. The highest BCUT2D eigenvalue weighted by atomic mass is 16.1. The molecule has 4 heteroatoms. The van der Waals surface area contributed by atoms with Gasteiger partial charge in [0.05, 0.1) is 11.9 Å². The van der Waals surface area contributed by atoms with E-state index in [-0.39, 0.29) is 5.78 Å².